The third kappa shape index (κ3) is 3.70. The minimum absolute atomic E-state index is 0.857. The van der Waals surface area contributed by atoms with Crippen molar-refractivity contribution in [2.75, 3.05) is 4.90 Å². The fourth-order valence-corrected chi connectivity index (χ4v) is 5.22. The first kappa shape index (κ1) is 22.3. The van der Waals surface area contributed by atoms with Gasteiger partial charge in [-0.15, -0.1) is 15.0 Å². The molecule has 0 N–H and O–H groups in total. The third-order valence-corrected chi connectivity index (χ3v) is 7.18. The van der Waals surface area contributed by atoms with Gasteiger partial charge in [-0.05, 0) is 55.6 Å². The minimum Gasteiger partial charge on any atom is -0.310 e. The Hall–Kier alpha value is -4.96. The highest BCUT2D eigenvalue weighted by Crippen LogP contribution is 2.41. The summed E-state index contributed by atoms with van der Waals surface area (Å²) in [5, 5.41) is 14.5. The van der Waals surface area contributed by atoms with E-state index in [1.807, 2.05) is 0 Å². The van der Waals surface area contributed by atoms with Gasteiger partial charge in [-0.25, -0.2) is 0 Å². The first-order valence-corrected chi connectivity index (χ1v) is 12.9. The van der Waals surface area contributed by atoms with Crippen molar-refractivity contribution in [3.8, 4) is 5.69 Å². The zero-order valence-electron chi connectivity index (χ0n) is 21.3. The molecule has 0 spiro atoms. The number of fused-ring (bicyclic) bond motifs is 4. The fourth-order valence-electron chi connectivity index (χ4n) is 5.22. The smallest absolute Gasteiger partial charge is 0.121 e. The van der Waals surface area contributed by atoms with Gasteiger partial charge in [0.15, 0.2) is 0 Å². The molecule has 4 nitrogen and oxygen atoms in total. The van der Waals surface area contributed by atoms with Crippen molar-refractivity contribution in [2.45, 2.75) is 13.8 Å². The Labute approximate surface area is 221 Å². The van der Waals surface area contributed by atoms with E-state index >= 15 is 0 Å². The van der Waals surface area contributed by atoms with Crippen LogP contribution >= 0.6 is 0 Å². The molecule has 4 heteroatoms. The molecule has 7 aromatic rings. The van der Waals surface area contributed by atoms with Crippen LogP contribution in [0, 0.1) is 13.8 Å². The van der Waals surface area contributed by atoms with Crippen molar-refractivity contribution in [2.24, 2.45) is 0 Å². The first-order chi connectivity index (χ1) is 18.7. The number of hydrogen-bond donors (Lipinski definition) is 0. The van der Waals surface area contributed by atoms with E-state index in [2.05, 4.69) is 140 Å². The fraction of sp³-hybridized carbons (Fsp3) is 0.0588. The van der Waals surface area contributed by atoms with Crippen LogP contribution in [0.1, 0.15) is 11.1 Å². The number of anilines is 3. The van der Waals surface area contributed by atoms with Crippen LogP contribution in [-0.4, -0.2) is 15.0 Å². The lowest BCUT2D eigenvalue weighted by atomic mass is 10.0. The van der Waals surface area contributed by atoms with E-state index in [1.165, 1.54) is 16.5 Å². The number of nitrogens with zero attached hydrogens (tertiary/aromatic N) is 4. The lowest BCUT2D eigenvalue weighted by Gasteiger charge is -2.27. The molecule has 0 aliphatic rings. The van der Waals surface area contributed by atoms with Gasteiger partial charge in [0.1, 0.15) is 11.0 Å². The summed E-state index contributed by atoms with van der Waals surface area (Å²) >= 11 is 0. The van der Waals surface area contributed by atoms with Gasteiger partial charge in [0.2, 0.25) is 0 Å². The molecule has 1 heterocycles. The number of aryl methyl sites for hydroxylation is 2. The highest BCUT2D eigenvalue weighted by molar-refractivity contribution is 6.12. The van der Waals surface area contributed by atoms with Crippen molar-refractivity contribution in [1.29, 1.82) is 0 Å². The van der Waals surface area contributed by atoms with Crippen LogP contribution in [0.4, 0.5) is 17.1 Å². The van der Waals surface area contributed by atoms with Gasteiger partial charge in [0.05, 0.1) is 11.4 Å². The predicted octanol–water partition coefficient (Wildman–Crippen LogP) is 8.81. The van der Waals surface area contributed by atoms with Crippen molar-refractivity contribution in [3.63, 3.8) is 0 Å². The summed E-state index contributed by atoms with van der Waals surface area (Å²) in [6.07, 6.45) is 0. The second-order valence-electron chi connectivity index (χ2n) is 9.80. The maximum absolute atomic E-state index is 5.02. The zero-order chi connectivity index (χ0) is 25.6. The molecule has 7 rings (SSSR count). The molecular formula is C34H26N4. The molecule has 0 saturated heterocycles. The molecule has 0 amide bonds. The molecule has 38 heavy (non-hydrogen) atoms. The predicted molar refractivity (Wildman–Crippen MR) is 158 cm³/mol. The van der Waals surface area contributed by atoms with Crippen LogP contribution in [0.15, 0.2) is 121 Å². The summed E-state index contributed by atoms with van der Waals surface area (Å²) in [6.45, 7) is 4.24. The van der Waals surface area contributed by atoms with Gasteiger partial charge in [-0.3, -0.25) is 0 Å². The van der Waals surface area contributed by atoms with E-state index in [-0.39, 0.29) is 0 Å². The highest BCUT2D eigenvalue weighted by atomic mass is 15.5. The number of aromatic nitrogens is 3. The lowest BCUT2D eigenvalue weighted by Crippen LogP contribution is -2.10. The minimum atomic E-state index is 0.857. The summed E-state index contributed by atoms with van der Waals surface area (Å²) in [6, 6.07) is 42.7. The maximum Gasteiger partial charge on any atom is 0.121 e. The first-order valence-electron chi connectivity index (χ1n) is 12.9. The molecule has 0 unspecified atom stereocenters. The molecule has 0 aliphatic heterocycles. The van der Waals surface area contributed by atoms with E-state index in [0.29, 0.717) is 0 Å². The van der Waals surface area contributed by atoms with Crippen LogP contribution in [0.5, 0.6) is 0 Å². The monoisotopic (exact) mass is 490 g/mol. The second kappa shape index (κ2) is 8.86. The second-order valence-corrected chi connectivity index (χ2v) is 9.80. The topological polar surface area (TPSA) is 34.0 Å². The number of benzene rings is 6. The van der Waals surface area contributed by atoms with Crippen molar-refractivity contribution >= 4 is 49.6 Å². The summed E-state index contributed by atoms with van der Waals surface area (Å²) in [7, 11) is 0. The van der Waals surface area contributed by atoms with Crippen molar-refractivity contribution in [3.05, 3.63) is 132 Å². The van der Waals surface area contributed by atoms with Crippen LogP contribution in [-0.2, 0) is 0 Å². The molecule has 0 saturated carbocycles. The summed E-state index contributed by atoms with van der Waals surface area (Å²) in [5.74, 6) is 0. The average Bonchev–Trinajstić information content (AvgIpc) is 3.39. The lowest BCUT2D eigenvalue weighted by molar-refractivity contribution is 0.772. The molecule has 0 aliphatic carbocycles. The Morgan fingerprint density at radius 3 is 1.82 bits per heavy atom. The molecule has 0 atom stereocenters. The van der Waals surface area contributed by atoms with Crippen LogP contribution in [0.3, 0.4) is 0 Å². The van der Waals surface area contributed by atoms with Gasteiger partial charge in [-0.2, -0.15) is 0 Å². The summed E-state index contributed by atoms with van der Waals surface area (Å²) < 4.78 is 0. The van der Waals surface area contributed by atoms with Crippen LogP contribution in [0.25, 0.3) is 38.3 Å². The van der Waals surface area contributed by atoms with E-state index in [9.17, 15) is 0 Å². The largest absolute Gasteiger partial charge is 0.310 e. The van der Waals surface area contributed by atoms with Gasteiger partial charge in [-0.1, -0.05) is 96.1 Å². The molecule has 1 aromatic heterocycles. The molecule has 6 aromatic carbocycles. The van der Waals surface area contributed by atoms with Crippen LogP contribution in [0.2, 0.25) is 0 Å². The normalized spacial score (nSPS) is 11.4. The SMILES string of the molecule is Cc1ccc(N(c2ccc(C)cc2)c2cc3nn(-c4cccc5ccccc45)nc3c3ccccc23)cc1. The Balaban J connectivity index is 1.50. The van der Waals surface area contributed by atoms with E-state index < -0.39 is 0 Å². The van der Waals surface area contributed by atoms with Crippen molar-refractivity contribution < 1.29 is 0 Å². The Bertz CT molecular complexity index is 1880. The van der Waals surface area contributed by atoms with Gasteiger partial charge >= 0.3 is 0 Å². The molecule has 0 radical (unpaired) electrons. The highest BCUT2D eigenvalue weighted by Gasteiger charge is 2.19. The molecule has 182 valence electrons. The molecule has 0 bridgehead atoms. The molecular weight excluding hydrogens is 464 g/mol. The summed E-state index contributed by atoms with van der Waals surface area (Å²) in [5.41, 5.74) is 8.47. The van der Waals surface area contributed by atoms with E-state index in [0.717, 1.165) is 49.9 Å². The number of hydrogen-bond acceptors (Lipinski definition) is 3. The standard InChI is InChI=1S/C34H26N4/c1-23-14-18-26(19-15-23)37(27-20-16-24(2)17-21-27)33-22-31-34(30-12-6-5-11-29(30)33)36-38(35-31)32-13-7-9-25-8-3-4-10-28(25)32/h3-22H,1-2H3. The van der Waals surface area contributed by atoms with E-state index in [4.69, 9.17) is 10.2 Å². The van der Waals surface area contributed by atoms with Crippen molar-refractivity contribution in [1.82, 2.24) is 15.0 Å². The Kier molecular flexibility index (Phi) is 5.19. The van der Waals surface area contributed by atoms with Gasteiger partial charge in [0.25, 0.3) is 0 Å². The van der Waals surface area contributed by atoms with Gasteiger partial charge in [0, 0.05) is 27.5 Å². The third-order valence-electron chi connectivity index (χ3n) is 7.18. The quantitative estimate of drug-likeness (QED) is 0.247. The van der Waals surface area contributed by atoms with E-state index in [1.54, 1.807) is 4.80 Å². The average molecular weight is 491 g/mol. The Morgan fingerprint density at radius 2 is 1.13 bits per heavy atom. The zero-order valence-corrected chi connectivity index (χ0v) is 21.3. The van der Waals surface area contributed by atoms with Gasteiger partial charge < -0.3 is 4.90 Å². The Morgan fingerprint density at radius 1 is 0.553 bits per heavy atom. The van der Waals surface area contributed by atoms with Crippen LogP contribution < -0.4 is 4.90 Å². The summed E-state index contributed by atoms with van der Waals surface area (Å²) in [4.78, 5) is 4.10. The maximum atomic E-state index is 5.02. The molecule has 0 fully saturated rings. The number of rotatable bonds is 4.